The first-order valence-electron chi connectivity index (χ1n) is 20.3. The fourth-order valence-corrected chi connectivity index (χ4v) is 10.7. The maximum atomic E-state index is 6.92. The topological polar surface area (TPSA) is 9.23 Å². The standard InChI is InChI=1S/C57H36O/c1-57(2)50-27-24-33-12-3-6-15-38(33)55(50)45-26-22-36(29-51(45)57)46-31-48-44-20-11-21-52-56(44)49(32-47(48)42-19-10-9-18-41(42)46)43-25-23-37(30-53(43)58-52)54-39-16-7-4-13-34(39)28-35-14-5-8-17-40(35)54/h3-32H,1-2H3. The first-order chi connectivity index (χ1) is 28.5. The summed E-state index contributed by atoms with van der Waals surface area (Å²) in [6.45, 7) is 4.77. The van der Waals surface area contributed by atoms with Gasteiger partial charge >= 0.3 is 0 Å². The van der Waals surface area contributed by atoms with Crippen LogP contribution in [0.5, 0.6) is 11.5 Å². The summed E-state index contributed by atoms with van der Waals surface area (Å²) in [7, 11) is 0. The van der Waals surface area contributed by atoms with Crippen molar-refractivity contribution in [2.45, 2.75) is 19.3 Å². The number of hydrogen-bond acceptors (Lipinski definition) is 1. The first-order valence-corrected chi connectivity index (χ1v) is 20.3. The fraction of sp³-hybridized carbons (Fsp3) is 0.0526. The highest BCUT2D eigenvalue weighted by molar-refractivity contribution is 6.25. The smallest absolute Gasteiger partial charge is 0.135 e. The van der Waals surface area contributed by atoms with E-state index in [1.165, 1.54) is 109 Å². The normalized spacial score (nSPS) is 13.6. The van der Waals surface area contributed by atoms with Gasteiger partial charge in [0.1, 0.15) is 11.5 Å². The Kier molecular flexibility index (Phi) is 6.29. The third-order valence-electron chi connectivity index (χ3n) is 13.4. The van der Waals surface area contributed by atoms with Crippen LogP contribution in [0.1, 0.15) is 25.0 Å². The van der Waals surface area contributed by atoms with Crippen LogP contribution in [0.2, 0.25) is 0 Å². The van der Waals surface area contributed by atoms with Crippen LogP contribution in [0.4, 0.5) is 0 Å². The van der Waals surface area contributed by atoms with Gasteiger partial charge in [0, 0.05) is 16.4 Å². The molecule has 1 aliphatic carbocycles. The Morgan fingerprint density at radius 1 is 0.328 bits per heavy atom. The van der Waals surface area contributed by atoms with Crippen molar-refractivity contribution in [2.75, 3.05) is 0 Å². The van der Waals surface area contributed by atoms with Gasteiger partial charge in [-0.05, 0) is 152 Å². The average Bonchev–Trinajstić information content (AvgIpc) is 3.50. The van der Waals surface area contributed by atoms with Crippen LogP contribution in [0.25, 0.3) is 109 Å². The van der Waals surface area contributed by atoms with Crippen LogP contribution >= 0.6 is 0 Å². The maximum Gasteiger partial charge on any atom is 0.135 e. The van der Waals surface area contributed by atoms with Gasteiger partial charge in [0.15, 0.2) is 0 Å². The molecule has 0 saturated carbocycles. The summed E-state index contributed by atoms with van der Waals surface area (Å²) >= 11 is 0. The van der Waals surface area contributed by atoms with Crippen LogP contribution in [0, 0.1) is 0 Å². The largest absolute Gasteiger partial charge is 0.456 e. The summed E-state index contributed by atoms with van der Waals surface area (Å²) in [6, 6.07) is 67.6. The summed E-state index contributed by atoms with van der Waals surface area (Å²) in [6.07, 6.45) is 0. The quantitative estimate of drug-likeness (QED) is 0.127. The molecule has 1 heterocycles. The summed E-state index contributed by atoms with van der Waals surface area (Å²) in [5.74, 6) is 1.80. The van der Waals surface area contributed by atoms with Gasteiger partial charge in [-0.1, -0.05) is 153 Å². The van der Waals surface area contributed by atoms with Crippen LogP contribution in [-0.4, -0.2) is 0 Å². The average molecular weight is 737 g/mol. The Hall–Kier alpha value is -7.22. The van der Waals surface area contributed by atoms with Crippen LogP contribution in [-0.2, 0) is 5.41 Å². The summed E-state index contributed by atoms with van der Waals surface area (Å²) in [5, 5.41) is 15.0. The molecule has 0 N–H and O–H groups in total. The van der Waals surface area contributed by atoms with Gasteiger partial charge in [0.05, 0.1) is 0 Å². The van der Waals surface area contributed by atoms with E-state index in [9.17, 15) is 0 Å². The molecule has 0 bridgehead atoms. The zero-order valence-electron chi connectivity index (χ0n) is 32.2. The summed E-state index contributed by atoms with van der Waals surface area (Å²) in [5.41, 5.74) is 12.7. The molecule has 0 radical (unpaired) electrons. The molecule has 13 rings (SSSR count). The molecule has 0 unspecified atom stereocenters. The minimum Gasteiger partial charge on any atom is -0.456 e. The molecule has 0 atom stereocenters. The zero-order valence-corrected chi connectivity index (χ0v) is 32.2. The monoisotopic (exact) mass is 736 g/mol. The van der Waals surface area contributed by atoms with E-state index in [1.807, 2.05) is 0 Å². The molecule has 0 spiro atoms. The lowest BCUT2D eigenvalue weighted by Gasteiger charge is -2.24. The van der Waals surface area contributed by atoms with Gasteiger partial charge in [-0.25, -0.2) is 0 Å². The fourth-order valence-electron chi connectivity index (χ4n) is 10.7. The van der Waals surface area contributed by atoms with E-state index in [1.54, 1.807) is 0 Å². The second-order valence-electron chi connectivity index (χ2n) is 16.8. The van der Waals surface area contributed by atoms with Crippen molar-refractivity contribution < 1.29 is 4.74 Å². The third kappa shape index (κ3) is 4.25. The molecule has 0 saturated heterocycles. The van der Waals surface area contributed by atoms with Gasteiger partial charge in [0.25, 0.3) is 0 Å². The maximum absolute atomic E-state index is 6.92. The second kappa shape index (κ2) is 11.4. The van der Waals surface area contributed by atoms with Crippen molar-refractivity contribution in [1.29, 1.82) is 0 Å². The highest BCUT2D eigenvalue weighted by Crippen LogP contribution is 2.54. The zero-order chi connectivity index (χ0) is 38.3. The van der Waals surface area contributed by atoms with E-state index in [2.05, 4.69) is 196 Å². The highest BCUT2D eigenvalue weighted by atomic mass is 16.5. The van der Waals surface area contributed by atoms with E-state index < -0.39 is 0 Å². The van der Waals surface area contributed by atoms with Gasteiger partial charge in [0.2, 0.25) is 0 Å². The van der Waals surface area contributed by atoms with Crippen molar-refractivity contribution in [3.05, 3.63) is 193 Å². The predicted molar refractivity (Wildman–Crippen MR) is 245 cm³/mol. The van der Waals surface area contributed by atoms with Gasteiger partial charge in [-0.15, -0.1) is 0 Å². The number of benzene rings is 11. The van der Waals surface area contributed by atoms with E-state index in [-0.39, 0.29) is 5.41 Å². The second-order valence-corrected chi connectivity index (χ2v) is 16.8. The molecule has 1 nitrogen and oxygen atoms in total. The Labute approximate surface area is 336 Å². The van der Waals surface area contributed by atoms with Gasteiger partial charge in [-0.2, -0.15) is 0 Å². The number of hydrogen-bond donors (Lipinski definition) is 0. The molecule has 58 heavy (non-hydrogen) atoms. The lowest BCUT2D eigenvalue weighted by molar-refractivity contribution is 0.487. The predicted octanol–water partition coefficient (Wildman–Crippen LogP) is 16.0. The molecule has 2 aliphatic rings. The molecule has 11 aromatic carbocycles. The molecule has 11 aromatic rings. The van der Waals surface area contributed by atoms with E-state index >= 15 is 0 Å². The lowest BCUT2D eigenvalue weighted by atomic mass is 9.80. The Morgan fingerprint density at radius 3 is 1.71 bits per heavy atom. The Balaban J connectivity index is 1.02. The Morgan fingerprint density at radius 2 is 0.931 bits per heavy atom. The minimum atomic E-state index is -0.115. The van der Waals surface area contributed by atoms with Crippen LogP contribution in [0.15, 0.2) is 182 Å². The lowest BCUT2D eigenvalue weighted by Crippen LogP contribution is -2.15. The summed E-state index contributed by atoms with van der Waals surface area (Å²) in [4.78, 5) is 0. The van der Waals surface area contributed by atoms with E-state index in [0.717, 1.165) is 22.6 Å². The SMILES string of the molecule is CC1(C)c2cc(-c3cc4c5cccc6c5c(cc4c4ccccc34)-c3ccc(-c4c5ccccc5cc5ccccc45)cc3O6)ccc2-c2c1ccc1ccccc21. The van der Waals surface area contributed by atoms with Crippen molar-refractivity contribution in [3.63, 3.8) is 0 Å². The number of fused-ring (bicyclic) bond motifs is 13. The third-order valence-corrected chi connectivity index (χ3v) is 13.4. The van der Waals surface area contributed by atoms with Crippen molar-refractivity contribution in [3.8, 4) is 56.0 Å². The van der Waals surface area contributed by atoms with Crippen molar-refractivity contribution in [2.24, 2.45) is 0 Å². The van der Waals surface area contributed by atoms with Crippen LogP contribution < -0.4 is 4.74 Å². The molecule has 1 heteroatoms. The molecule has 1 aliphatic heterocycles. The number of rotatable bonds is 2. The highest BCUT2D eigenvalue weighted by Gasteiger charge is 2.37. The molecule has 270 valence electrons. The Bertz CT molecular complexity index is 3570. The van der Waals surface area contributed by atoms with Crippen molar-refractivity contribution in [1.82, 2.24) is 0 Å². The summed E-state index contributed by atoms with van der Waals surface area (Å²) < 4.78 is 6.92. The minimum absolute atomic E-state index is 0.115. The molecule has 0 aromatic heterocycles. The number of ether oxygens (including phenoxy) is 1. The first kappa shape index (κ1) is 31.9. The van der Waals surface area contributed by atoms with Crippen molar-refractivity contribution >= 4 is 64.6 Å². The van der Waals surface area contributed by atoms with E-state index in [0.29, 0.717) is 0 Å². The molecular weight excluding hydrogens is 701 g/mol. The van der Waals surface area contributed by atoms with Gasteiger partial charge < -0.3 is 4.74 Å². The van der Waals surface area contributed by atoms with E-state index in [4.69, 9.17) is 4.74 Å². The molecule has 0 fully saturated rings. The molecule has 0 amide bonds. The van der Waals surface area contributed by atoms with Gasteiger partial charge in [-0.3, -0.25) is 0 Å². The van der Waals surface area contributed by atoms with Crippen LogP contribution in [0.3, 0.4) is 0 Å². The molecular formula is C57H36O.